The van der Waals surface area contributed by atoms with Crippen molar-refractivity contribution >= 4 is 17.0 Å². The van der Waals surface area contributed by atoms with Crippen LogP contribution in [0.25, 0.3) is 0 Å². The molecule has 82 valence electrons. The fourth-order valence-electron chi connectivity index (χ4n) is 3.06. The van der Waals surface area contributed by atoms with Gasteiger partial charge in [-0.3, -0.25) is 0 Å². The van der Waals surface area contributed by atoms with E-state index >= 15 is 0 Å². The topological polar surface area (TPSA) is 3.24 Å². The van der Waals surface area contributed by atoms with Gasteiger partial charge in [0.05, 0.1) is 0 Å². The second-order valence-corrected chi connectivity index (χ2v) is 4.74. The zero-order chi connectivity index (χ0) is 9.54. The molecule has 0 N–H and O–H groups in total. The highest BCUT2D eigenvalue weighted by Crippen LogP contribution is 2.37. The number of benzene rings is 1. The van der Waals surface area contributed by atoms with Crippen LogP contribution in [0.1, 0.15) is 29.0 Å². The second kappa shape index (κ2) is 4.26. The second-order valence-electron chi connectivity index (χ2n) is 4.74. The van der Waals surface area contributed by atoms with Crippen LogP contribution >= 0.6 is 17.0 Å². The van der Waals surface area contributed by atoms with Gasteiger partial charge < -0.3 is 4.90 Å². The molecule has 2 aliphatic rings. The summed E-state index contributed by atoms with van der Waals surface area (Å²) >= 11 is 0. The van der Waals surface area contributed by atoms with Gasteiger partial charge in [-0.25, -0.2) is 0 Å². The van der Waals surface area contributed by atoms with Crippen molar-refractivity contribution < 1.29 is 0 Å². The third-order valence-electron chi connectivity index (χ3n) is 3.75. The van der Waals surface area contributed by atoms with Crippen molar-refractivity contribution in [2.45, 2.75) is 25.2 Å². The highest BCUT2D eigenvalue weighted by Gasteiger charge is 2.27. The fourth-order valence-corrected chi connectivity index (χ4v) is 3.06. The molecule has 0 saturated carbocycles. The Bertz CT molecular complexity index is 362. The average Bonchev–Trinajstić information content (AvgIpc) is 2.51. The Morgan fingerprint density at radius 3 is 2.73 bits per heavy atom. The number of rotatable bonds is 0. The van der Waals surface area contributed by atoms with Crippen molar-refractivity contribution in [3.63, 3.8) is 0 Å². The minimum atomic E-state index is 0. The molecule has 1 atom stereocenters. The summed E-state index contributed by atoms with van der Waals surface area (Å²) in [6.07, 6.45) is 3.93. The van der Waals surface area contributed by atoms with Gasteiger partial charge in [-0.2, -0.15) is 0 Å². The molecule has 0 fully saturated rings. The quantitative estimate of drug-likeness (QED) is 0.699. The van der Waals surface area contributed by atoms with Crippen molar-refractivity contribution in [3.8, 4) is 0 Å². The summed E-state index contributed by atoms with van der Waals surface area (Å²) in [6, 6.07) is 6.89. The van der Waals surface area contributed by atoms with Crippen LogP contribution in [-0.4, -0.2) is 25.0 Å². The van der Waals surface area contributed by atoms with Crippen molar-refractivity contribution in [1.82, 2.24) is 4.90 Å². The molecule has 1 aromatic carbocycles. The fraction of sp³-hybridized carbons (Fsp3) is 0.538. The Balaban J connectivity index is 0.000000853. The van der Waals surface area contributed by atoms with E-state index in [1.807, 2.05) is 0 Å². The number of halogens is 1. The maximum absolute atomic E-state index is 2.49. The summed E-state index contributed by atoms with van der Waals surface area (Å²) in [5.74, 6) is 0.827. The van der Waals surface area contributed by atoms with Gasteiger partial charge in [-0.15, -0.1) is 17.0 Å². The number of hydrogen-bond donors (Lipinski definition) is 0. The van der Waals surface area contributed by atoms with Crippen LogP contribution < -0.4 is 0 Å². The molecule has 0 spiro atoms. The van der Waals surface area contributed by atoms with E-state index in [4.69, 9.17) is 0 Å². The van der Waals surface area contributed by atoms with Gasteiger partial charge in [0.15, 0.2) is 0 Å². The highest BCUT2D eigenvalue weighted by molar-refractivity contribution is 8.93. The third kappa shape index (κ3) is 1.85. The van der Waals surface area contributed by atoms with E-state index in [1.165, 1.54) is 32.4 Å². The molecule has 1 aliphatic carbocycles. The highest BCUT2D eigenvalue weighted by atomic mass is 79.9. The maximum Gasteiger partial charge on any atom is 0.00477 e. The molecule has 0 saturated heterocycles. The van der Waals surface area contributed by atoms with Gasteiger partial charge in [-0.05, 0) is 48.9 Å². The Hall–Kier alpha value is -0.340. The van der Waals surface area contributed by atoms with Crippen LogP contribution in [0.2, 0.25) is 0 Å². The predicted octanol–water partition coefficient (Wildman–Crippen LogP) is 2.78. The van der Waals surface area contributed by atoms with E-state index < -0.39 is 0 Å². The monoisotopic (exact) mass is 267 g/mol. The summed E-state index contributed by atoms with van der Waals surface area (Å²) in [5.41, 5.74) is 4.95. The summed E-state index contributed by atoms with van der Waals surface area (Å²) in [4.78, 5) is 2.49. The van der Waals surface area contributed by atoms with Gasteiger partial charge in [0.2, 0.25) is 0 Å². The number of hydrogen-bond acceptors (Lipinski definition) is 1. The van der Waals surface area contributed by atoms with Gasteiger partial charge in [0.1, 0.15) is 0 Å². The lowest BCUT2D eigenvalue weighted by Gasteiger charge is -2.17. The molecule has 1 nitrogen and oxygen atoms in total. The molecule has 2 heteroatoms. The van der Waals surface area contributed by atoms with Crippen LogP contribution in [0.5, 0.6) is 0 Å². The molecule has 1 aromatic rings. The first kappa shape index (κ1) is 11.2. The van der Waals surface area contributed by atoms with Crippen LogP contribution in [0.3, 0.4) is 0 Å². The van der Waals surface area contributed by atoms with Crippen molar-refractivity contribution in [3.05, 3.63) is 34.9 Å². The molecule has 0 bridgehead atoms. The molecular formula is C13H18BrN. The standard InChI is InChI=1S/C13H17N.BrH/c1-14-8-7-11-4-2-3-10-5-6-12(9-14)13(10)11;/h2-4,12H,5-9H2,1H3;1H. The van der Waals surface area contributed by atoms with E-state index in [2.05, 4.69) is 30.1 Å². The molecule has 0 aromatic heterocycles. The lowest BCUT2D eigenvalue weighted by molar-refractivity contribution is 0.324. The molecule has 1 heterocycles. The Morgan fingerprint density at radius 1 is 1.20 bits per heavy atom. The minimum Gasteiger partial charge on any atom is -0.305 e. The van der Waals surface area contributed by atoms with Crippen LogP contribution in [0.15, 0.2) is 18.2 Å². The maximum atomic E-state index is 2.49. The van der Waals surface area contributed by atoms with Crippen molar-refractivity contribution in [2.75, 3.05) is 20.1 Å². The first-order chi connectivity index (χ1) is 6.84. The number of likely N-dealkylation sites (N-methyl/N-ethyl adjacent to an activating group) is 1. The molecule has 3 rings (SSSR count). The van der Waals surface area contributed by atoms with Crippen LogP contribution in [0, 0.1) is 0 Å². The zero-order valence-electron chi connectivity index (χ0n) is 9.20. The summed E-state index contributed by atoms with van der Waals surface area (Å²) in [5, 5.41) is 0. The summed E-state index contributed by atoms with van der Waals surface area (Å²) in [6.45, 7) is 2.50. The number of nitrogens with zero attached hydrogens (tertiary/aromatic N) is 1. The van der Waals surface area contributed by atoms with Crippen molar-refractivity contribution in [2.24, 2.45) is 0 Å². The summed E-state index contributed by atoms with van der Waals surface area (Å²) < 4.78 is 0. The SMILES string of the molecule is Br.CN1CCc2cccc3c2C(CC3)C1. The van der Waals surface area contributed by atoms with Gasteiger partial charge >= 0.3 is 0 Å². The lowest BCUT2D eigenvalue weighted by atomic mass is 9.95. The molecule has 0 radical (unpaired) electrons. The Labute approximate surface area is 102 Å². The minimum absolute atomic E-state index is 0. The zero-order valence-corrected chi connectivity index (χ0v) is 10.9. The number of aryl methyl sites for hydroxylation is 1. The molecule has 1 unspecified atom stereocenters. The molecular weight excluding hydrogens is 250 g/mol. The molecule has 0 amide bonds. The first-order valence-electron chi connectivity index (χ1n) is 5.64. The van der Waals surface area contributed by atoms with Crippen LogP contribution in [-0.2, 0) is 12.8 Å². The first-order valence-corrected chi connectivity index (χ1v) is 5.64. The van der Waals surface area contributed by atoms with Gasteiger partial charge in [-0.1, -0.05) is 18.2 Å². The van der Waals surface area contributed by atoms with E-state index in [9.17, 15) is 0 Å². The predicted molar refractivity (Wildman–Crippen MR) is 69.0 cm³/mol. The average molecular weight is 268 g/mol. The lowest BCUT2D eigenvalue weighted by Crippen LogP contribution is -2.23. The smallest absolute Gasteiger partial charge is 0.00477 e. The van der Waals surface area contributed by atoms with Crippen molar-refractivity contribution in [1.29, 1.82) is 0 Å². The van der Waals surface area contributed by atoms with E-state index in [0.717, 1.165) is 5.92 Å². The third-order valence-corrected chi connectivity index (χ3v) is 3.75. The summed E-state index contributed by atoms with van der Waals surface area (Å²) in [7, 11) is 2.25. The van der Waals surface area contributed by atoms with Gasteiger partial charge in [0.25, 0.3) is 0 Å². The largest absolute Gasteiger partial charge is 0.305 e. The van der Waals surface area contributed by atoms with Gasteiger partial charge in [0, 0.05) is 13.1 Å². The Kier molecular flexibility index (Phi) is 3.17. The normalized spacial score (nSPS) is 24.2. The van der Waals surface area contributed by atoms with Crippen LogP contribution in [0.4, 0.5) is 0 Å². The van der Waals surface area contributed by atoms with E-state index in [-0.39, 0.29) is 17.0 Å². The van der Waals surface area contributed by atoms with E-state index in [1.54, 1.807) is 16.7 Å². The van der Waals surface area contributed by atoms with E-state index in [0.29, 0.717) is 0 Å². The molecule has 15 heavy (non-hydrogen) atoms. The Morgan fingerprint density at radius 2 is 1.93 bits per heavy atom. The molecule has 1 aliphatic heterocycles.